The highest BCUT2D eigenvalue weighted by Gasteiger charge is 2.17. The highest BCUT2D eigenvalue weighted by Crippen LogP contribution is 2.18. The Labute approximate surface area is 139 Å². The Morgan fingerprint density at radius 1 is 1.30 bits per heavy atom. The van der Waals surface area contributed by atoms with Crippen molar-refractivity contribution in [3.63, 3.8) is 0 Å². The fraction of sp³-hybridized carbons (Fsp3) is 0.611. The van der Waals surface area contributed by atoms with E-state index in [1.165, 1.54) is 18.4 Å². The first-order valence-corrected chi connectivity index (χ1v) is 8.40. The molecule has 5 nitrogen and oxygen atoms in total. The second-order valence-corrected chi connectivity index (χ2v) is 7.18. The normalized spacial score (nSPS) is 19.9. The van der Waals surface area contributed by atoms with Gasteiger partial charge in [0.15, 0.2) is 0 Å². The van der Waals surface area contributed by atoms with Crippen LogP contribution in [0.4, 0.5) is 10.5 Å². The molecule has 2 unspecified atom stereocenters. The maximum Gasteiger partial charge on any atom is 0.412 e. The van der Waals surface area contributed by atoms with Crippen molar-refractivity contribution in [1.29, 1.82) is 0 Å². The molecule has 1 aliphatic rings. The van der Waals surface area contributed by atoms with Crippen LogP contribution < -0.4 is 16.0 Å². The van der Waals surface area contributed by atoms with Crippen molar-refractivity contribution in [2.24, 2.45) is 0 Å². The molecular weight excluding hydrogens is 290 g/mol. The van der Waals surface area contributed by atoms with Gasteiger partial charge in [0, 0.05) is 24.3 Å². The van der Waals surface area contributed by atoms with Crippen LogP contribution >= 0.6 is 0 Å². The Kier molecular flexibility index (Phi) is 6.02. The Balaban J connectivity index is 1.87. The molecule has 128 valence electrons. The number of carbonyl (C=O) groups excluding carboxylic acids is 1. The van der Waals surface area contributed by atoms with Crippen molar-refractivity contribution in [3.8, 4) is 0 Å². The molecule has 23 heavy (non-hydrogen) atoms. The summed E-state index contributed by atoms with van der Waals surface area (Å²) in [5, 5.41) is 9.82. The lowest BCUT2D eigenvalue weighted by atomic mass is 10.0. The quantitative estimate of drug-likeness (QED) is 0.795. The van der Waals surface area contributed by atoms with Crippen molar-refractivity contribution in [1.82, 2.24) is 10.6 Å². The van der Waals surface area contributed by atoms with Crippen LogP contribution in [0.5, 0.6) is 0 Å². The van der Waals surface area contributed by atoms with Crippen LogP contribution in [-0.2, 0) is 4.74 Å². The maximum atomic E-state index is 11.8. The summed E-state index contributed by atoms with van der Waals surface area (Å²) in [5.74, 6) is 0. The predicted molar refractivity (Wildman–Crippen MR) is 93.7 cm³/mol. The van der Waals surface area contributed by atoms with Gasteiger partial charge in [-0.3, -0.25) is 5.32 Å². The Morgan fingerprint density at radius 3 is 2.57 bits per heavy atom. The van der Waals surface area contributed by atoms with Crippen LogP contribution in [0.25, 0.3) is 0 Å². The van der Waals surface area contributed by atoms with Crippen molar-refractivity contribution in [2.45, 2.75) is 58.2 Å². The third-order valence-electron chi connectivity index (χ3n) is 3.84. The van der Waals surface area contributed by atoms with E-state index in [9.17, 15) is 4.79 Å². The van der Waals surface area contributed by atoms with Crippen molar-refractivity contribution >= 4 is 11.8 Å². The van der Waals surface area contributed by atoms with E-state index in [1.807, 2.05) is 45.0 Å². The number of hydrogen-bond donors (Lipinski definition) is 3. The van der Waals surface area contributed by atoms with Gasteiger partial charge < -0.3 is 15.4 Å². The summed E-state index contributed by atoms with van der Waals surface area (Å²) < 4.78 is 5.25. The van der Waals surface area contributed by atoms with E-state index in [-0.39, 0.29) is 6.04 Å². The fourth-order valence-corrected chi connectivity index (χ4v) is 2.72. The standard InChI is InChI=1S/C18H29N3O2/c1-13(20-16-6-5-11-19-12-16)14-7-9-15(10-8-14)21-17(22)23-18(2,3)4/h7-10,13,16,19-20H,5-6,11-12H2,1-4H3,(H,21,22). The number of nitrogens with one attached hydrogen (secondary N) is 3. The average molecular weight is 319 g/mol. The smallest absolute Gasteiger partial charge is 0.412 e. The molecule has 0 aromatic heterocycles. The van der Waals surface area contributed by atoms with Crippen LogP contribution in [0.1, 0.15) is 52.1 Å². The molecular formula is C18H29N3O2. The second kappa shape index (κ2) is 7.79. The summed E-state index contributed by atoms with van der Waals surface area (Å²) in [5.41, 5.74) is 1.47. The number of benzene rings is 1. The molecule has 1 aromatic carbocycles. The number of anilines is 1. The van der Waals surface area contributed by atoms with E-state index in [0.29, 0.717) is 6.04 Å². The molecule has 3 N–H and O–H groups in total. The monoisotopic (exact) mass is 319 g/mol. The maximum absolute atomic E-state index is 11.8. The van der Waals surface area contributed by atoms with E-state index in [4.69, 9.17) is 4.74 Å². The van der Waals surface area contributed by atoms with Gasteiger partial charge in [0.2, 0.25) is 0 Å². The molecule has 5 heteroatoms. The first-order chi connectivity index (χ1) is 10.8. The van der Waals surface area contributed by atoms with Gasteiger partial charge in [-0.1, -0.05) is 12.1 Å². The van der Waals surface area contributed by atoms with Crippen LogP contribution in [0.2, 0.25) is 0 Å². The Hall–Kier alpha value is -1.59. The Bertz CT molecular complexity index is 502. The molecule has 0 saturated carbocycles. The molecule has 1 amide bonds. The van der Waals surface area contributed by atoms with Crippen LogP contribution in [0, 0.1) is 0 Å². The number of hydrogen-bond acceptors (Lipinski definition) is 4. The number of ether oxygens (including phenoxy) is 1. The zero-order valence-corrected chi connectivity index (χ0v) is 14.6. The third kappa shape index (κ3) is 6.20. The summed E-state index contributed by atoms with van der Waals surface area (Å²) in [7, 11) is 0. The molecule has 2 atom stereocenters. The van der Waals surface area contributed by atoms with Gasteiger partial charge in [-0.15, -0.1) is 0 Å². The van der Waals surface area contributed by atoms with Gasteiger partial charge in [0.1, 0.15) is 5.60 Å². The van der Waals surface area contributed by atoms with Gasteiger partial charge in [-0.05, 0) is 64.8 Å². The van der Waals surface area contributed by atoms with Crippen LogP contribution in [0.3, 0.4) is 0 Å². The lowest BCUT2D eigenvalue weighted by molar-refractivity contribution is 0.0636. The van der Waals surface area contributed by atoms with E-state index >= 15 is 0 Å². The first kappa shape index (κ1) is 17.8. The van der Waals surface area contributed by atoms with Gasteiger partial charge in [0.05, 0.1) is 0 Å². The first-order valence-electron chi connectivity index (χ1n) is 8.40. The lowest BCUT2D eigenvalue weighted by Crippen LogP contribution is -2.43. The zero-order valence-electron chi connectivity index (χ0n) is 14.6. The molecule has 1 aliphatic heterocycles. The minimum atomic E-state index is -0.490. The summed E-state index contributed by atoms with van der Waals surface area (Å²) in [6.45, 7) is 9.88. The van der Waals surface area contributed by atoms with E-state index in [1.54, 1.807) is 0 Å². The summed E-state index contributed by atoms with van der Waals surface area (Å²) in [4.78, 5) is 11.8. The molecule has 1 fully saturated rings. The lowest BCUT2D eigenvalue weighted by Gasteiger charge is -2.27. The molecule has 0 radical (unpaired) electrons. The van der Waals surface area contributed by atoms with Crippen molar-refractivity contribution < 1.29 is 9.53 Å². The highest BCUT2D eigenvalue weighted by atomic mass is 16.6. The largest absolute Gasteiger partial charge is 0.444 e. The molecule has 0 spiro atoms. The van der Waals surface area contributed by atoms with E-state index in [2.05, 4.69) is 22.9 Å². The summed E-state index contributed by atoms with van der Waals surface area (Å²) in [6, 6.07) is 8.72. The molecule has 1 saturated heterocycles. The molecule has 2 rings (SSSR count). The molecule has 0 aliphatic carbocycles. The van der Waals surface area contributed by atoms with Gasteiger partial charge in [-0.25, -0.2) is 4.79 Å². The number of piperidine rings is 1. The Morgan fingerprint density at radius 2 is 2.00 bits per heavy atom. The van der Waals surface area contributed by atoms with Crippen molar-refractivity contribution in [2.75, 3.05) is 18.4 Å². The number of rotatable bonds is 4. The minimum absolute atomic E-state index is 0.287. The van der Waals surface area contributed by atoms with E-state index in [0.717, 1.165) is 18.8 Å². The zero-order chi connectivity index (χ0) is 16.9. The minimum Gasteiger partial charge on any atom is -0.444 e. The predicted octanol–water partition coefficient (Wildman–Crippen LogP) is 3.44. The topological polar surface area (TPSA) is 62.4 Å². The highest BCUT2D eigenvalue weighted by molar-refractivity contribution is 5.84. The van der Waals surface area contributed by atoms with Crippen LogP contribution in [0.15, 0.2) is 24.3 Å². The van der Waals surface area contributed by atoms with Crippen LogP contribution in [-0.4, -0.2) is 30.8 Å². The van der Waals surface area contributed by atoms with Gasteiger partial charge >= 0.3 is 6.09 Å². The molecule has 0 bridgehead atoms. The summed E-state index contributed by atoms with van der Waals surface area (Å²) in [6.07, 6.45) is 2.02. The number of amides is 1. The molecule has 1 heterocycles. The fourth-order valence-electron chi connectivity index (χ4n) is 2.72. The molecule has 1 aromatic rings. The summed E-state index contributed by atoms with van der Waals surface area (Å²) >= 11 is 0. The van der Waals surface area contributed by atoms with Crippen molar-refractivity contribution in [3.05, 3.63) is 29.8 Å². The van der Waals surface area contributed by atoms with E-state index < -0.39 is 11.7 Å². The van der Waals surface area contributed by atoms with Gasteiger partial charge in [-0.2, -0.15) is 0 Å². The third-order valence-corrected chi connectivity index (χ3v) is 3.84. The number of carbonyl (C=O) groups is 1. The second-order valence-electron chi connectivity index (χ2n) is 7.18. The average Bonchev–Trinajstić information content (AvgIpc) is 2.47. The SMILES string of the molecule is CC(NC1CCCNC1)c1ccc(NC(=O)OC(C)(C)C)cc1. The van der Waals surface area contributed by atoms with Gasteiger partial charge in [0.25, 0.3) is 0 Å².